The fourth-order valence-corrected chi connectivity index (χ4v) is 4.85. The molecule has 0 spiro atoms. The van der Waals surface area contributed by atoms with E-state index in [2.05, 4.69) is 20.3 Å². The standard InChI is InChI=1S/C23H22N8O6/c1-10(32)35-8-14-19(36-11(2)33)18-23(37-14)30-21-16(20(24)25-9-26-21)27-22(30)17-15(28-29-31(17)18)12-4-6-13(34-3)7-5-12/h4-7,9,14,18-19,23H,8H2,1-3H3,(H2,24,25,26)/t14-,18+,19-,23-/m1/s1. The van der Waals surface area contributed by atoms with E-state index in [0.717, 1.165) is 5.56 Å². The van der Waals surface area contributed by atoms with E-state index >= 15 is 0 Å². The van der Waals surface area contributed by atoms with Gasteiger partial charge >= 0.3 is 11.9 Å². The van der Waals surface area contributed by atoms with E-state index in [1.165, 1.54) is 20.2 Å². The Morgan fingerprint density at radius 1 is 1.14 bits per heavy atom. The van der Waals surface area contributed by atoms with Gasteiger partial charge in [0.1, 0.15) is 42.2 Å². The predicted molar refractivity (Wildman–Crippen MR) is 126 cm³/mol. The lowest BCUT2D eigenvalue weighted by Gasteiger charge is -2.30. The number of hydrogen-bond acceptors (Lipinski definition) is 12. The highest BCUT2D eigenvalue weighted by Crippen LogP contribution is 2.50. The zero-order valence-electron chi connectivity index (χ0n) is 20.1. The van der Waals surface area contributed by atoms with Gasteiger partial charge in [-0.2, -0.15) is 0 Å². The van der Waals surface area contributed by atoms with E-state index in [-0.39, 0.29) is 12.4 Å². The fourth-order valence-electron chi connectivity index (χ4n) is 4.85. The lowest BCUT2D eigenvalue weighted by atomic mass is 10.0. The zero-order valence-corrected chi connectivity index (χ0v) is 20.1. The first-order chi connectivity index (χ1) is 17.9. The van der Waals surface area contributed by atoms with Crippen LogP contribution in [0.25, 0.3) is 33.9 Å². The molecule has 1 fully saturated rings. The Morgan fingerprint density at radius 2 is 1.92 bits per heavy atom. The van der Waals surface area contributed by atoms with Crippen molar-refractivity contribution in [2.24, 2.45) is 0 Å². The molecule has 2 N–H and O–H groups in total. The molecular formula is C23H22N8O6. The molecule has 14 heteroatoms. The summed E-state index contributed by atoms with van der Waals surface area (Å²) in [5, 5.41) is 8.89. The number of nitrogen functional groups attached to an aromatic ring is 1. The maximum Gasteiger partial charge on any atom is 0.303 e. The minimum absolute atomic E-state index is 0.130. The Hall–Kier alpha value is -4.59. The first kappa shape index (κ1) is 22.8. The normalized spacial score (nSPS) is 21.7. The minimum Gasteiger partial charge on any atom is -0.497 e. The van der Waals surface area contributed by atoms with Crippen molar-refractivity contribution in [3.63, 3.8) is 0 Å². The van der Waals surface area contributed by atoms with Crippen LogP contribution in [0.4, 0.5) is 5.82 Å². The van der Waals surface area contributed by atoms with Crippen molar-refractivity contribution < 1.29 is 28.5 Å². The molecule has 4 aromatic rings. The van der Waals surface area contributed by atoms with E-state index in [4.69, 9.17) is 29.7 Å². The average Bonchev–Trinajstić information content (AvgIpc) is 3.56. The van der Waals surface area contributed by atoms with Gasteiger partial charge in [-0.05, 0) is 24.3 Å². The summed E-state index contributed by atoms with van der Waals surface area (Å²) in [5.41, 5.74) is 8.80. The van der Waals surface area contributed by atoms with Crippen LogP contribution in [0, 0.1) is 0 Å². The van der Waals surface area contributed by atoms with Crippen LogP contribution in [0.2, 0.25) is 0 Å². The number of benzene rings is 1. The summed E-state index contributed by atoms with van der Waals surface area (Å²) >= 11 is 0. The van der Waals surface area contributed by atoms with Crippen LogP contribution in [-0.4, -0.2) is 72.4 Å². The monoisotopic (exact) mass is 506 g/mol. The first-order valence-electron chi connectivity index (χ1n) is 11.4. The quantitative estimate of drug-likeness (QED) is 0.385. The highest BCUT2D eigenvalue weighted by atomic mass is 16.6. The van der Waals surface area contributed by atoms with Crippen LogP contribution in [0.5, 0.6) is 5.75 Å². The van der Waals surface area contributed by atoms with Crippen molar-refractivity contribution in [2.75, 3.05) is 19.5 Å². The second kappa shape index (κ2) is 8.51. The molecule has 1 aromatic carbocycles. The Morgan fingerprint density at radius 3 is 2.62 bits per heavy atom. The van der Waals surface area contributed by atoms with Gasteiger partial charge in [-0.1, -0.05) is 5.21 Å². The molecule has 6 rings (SSSR count). The molecule has 3 aromatic heterocycles. The lowest BCUT2D eigenvalue weighted by Crippen LogP contribution is -2.38. The summed E-state index contributed by atoms with van der Waals surface area (Å²) < 4.78 is 25.9. The van der Waals surface area contributed by atoms with Crippen LogP contribution < -0.4 is 10.5 Å². The molecule has 0 amide bonds. The number of methoxy groups -OCH3 is 1. The van der Waals surface area contributed by atoms with E-state index in [9.17, 15) is 9.59 Å². The van der Waals surface area contributed by atoms with Crippen molar-refractivity contribution in [1.82, 2.24) is 34.5 Å². The van der Waals surface area contributed by atoms with Gasteiger partial charge in [-0.25, -0.2) is 19.6 Å². The van der Waals surface area contributed by atoms with Gasteiger partial charge in [0, 0.05) is 19.4 Å². The fraction of sp³-hybridized carbons (Fsp3) is 0.348. The number of anilines is 1. The summed E-state index contributed by atoms with van der Waals surface area (Å²) in [5.74, 6) is 0.325. The van der Waals surface area contributed by atoms with E-state index in [1.54, 1.807) is 16.4 Å². The minimum atomic E-state index is -0.851. The molecule has 1 saturated heterocycles. The Bertz CT molecular complexity index is 1530. The second-order valence-electron chi connectivity index (χ2n) is 8.63. The second-order valence-corrected chi connectivity index (χ2v) is 8.63. The number of nitrogens with zero attached hydrogens (tertiary/aromatic N) is 7. The molecule has 5 heterocycles. The number of ether oxygens (including phenoxy) is 4. The van der Waals surface area contributed by atoms with Gasteiger partial charge in [-0.3, -0.25) is 14.2 Å². The van der Waals surface area contributed by atoms with Crippen molar-refractivity contribution in [3.8, 4) is 28.5 Å². The predicted octanol–water partition coefficient (Wildman–Crippen LogP) is 1.29. The lowest BCUT2D eigenvalue weighted by molar-refractivity contribution is -0.156. The summed E-state index contributed by atoms with van der Waals surface area (Å²) in [6.45, 7) is 2.46. The number of aromatic nitrogens is 7. The van der Waals surface area contributed by atoms with Gasteiger partial charge in [0.05, 0.1) is 7.11 Å². The van der Waals surface area contributed by atoms with Crippen LogP contribution in [-0.2, 0) is 23.8 Å². The number of nitrogens with two attached hydrogens (primary N) is 1. The van der Waals surface area contributed by atoms with Gasteiger partial charge in [0.25, 0.3) is 0 Å². The van der Waals surface area contributed by atoms with Crippen LogP contribution >= 0.6 is 0 Å². The van der Waals surface area contributed by atoms with E-state index in [0.29, 0.717) is 34.1 Å². The molecule has 14 nitrogen and oxygen atoms in total. The third-order valence-corrected chi connectivity index (χ3v) is 6.37. The van der Waals surface area contributed by atoms with Gasteiger partial charge in [0.2, 0.25) is 0 Å². The molecule has 0 saturated carbocycles. The first-order valence-corrected chi connectivity index (χ1v) is 11.4. The van der Waals surface area contributed by atoms with E-state index < -0.39 is 36.4 Å². The maximum absolute atomic E-state index is 12.1. The summed E-state index contributed by atoms with van der Waals surface area (Å²) in [6.07, 6.45) is -1.06. The van der Waals surface area contributed by atoms with Crippen molar-refractivity contribution >= 4 is 28.9 Å². The molecule has 0 aliphatic carbocycles. The molecule has 2 aliphatic rings. The molecule has 2 aliphatic heterocycles. The van der Waals surface area contributed by atoms with Crippen molar-refractivity contribution in [2.45, 2.75) is 38.3 Å². The van der Waals surface area contributed by atoms with Crippen LogP contribution in [0.1, 0.15) is 26.1 Å². The summed E-state index contributed by atoms with van der Waals surface area (Å²) in [4.78, 5) is 36.9. The van der Waals surface area contributed by atoms with Crippen molar-refractivity contribution in [3.05, 3.63) is 30.6 Å². The van der Waals surface area contributed by atoms with Gasteiger partial charge < -0.3 is 24.7 Å². The molecule has 0 unspecified atom stereocenters. The number of imidazole rings is 1. The molecular weight excluding hydrogens is 484 g/mol. The number of hydrogen-bond donors (Lipinski definition) is 1. The Balaban J connectivity index is 1.57. The van der Waals surface area contributed by atoms with Gasteiger partial charge in [-0.15, -0.1) is 5.10 Å². The number of carbonyl (C=O) groups is 2. The Labute approximate surface area is 209 Å². The smallest absolute Gasteiger partial charge is 0.303 e. The van der Waals surface area contributed by atoms with Gasteiger partial charge in [0.15, 0.2) is 35.1 Å². The third kappa shape index (κ3) is 3.56. The highest BCUT2D eigenvalue weighted by Gasteiger charge is 2.54. The largest absolute Gasteiger partial charge is 0.497 e. The number of rotatable bonds is 5. The summed E-state index contributed by atoms with van der Waals surface area (Å²) in [7, 11) is 1.59. The molecule has 0 radical (unpaired) electrons. The van der Waals surface area contributed by atoms with Crippen LogP contribution in [0.15, 0.2) is 30.6 Å². The average molecular weight is 506 g/mol. The number of esters is 2. The molecule has 190 valence electrons. The molecule has 4 atom stereocenters. The molecule has 0 bridgehead atoms. The topological polar surface area (TPSA) is 171 Å². The third-order valence-electron chi connectivity index (χ3n) is 6.37. The summed E-state index contributed by atoms with van der Waals surface area (Å²) in [6, 6.07) is 6.67. The van der Waals surface area contributed by atoms with Crippen molar-refractivity contribution in [1.29, 1.82) is 0 Å². The SMILES string of the molecule is COc1ccc(-c2nnn3c2-c2nc4c(N)ncnc4n2[C@@H]2O[C@H](COC(C)=O)[C@@H](OC(C)=O)[C@@H]23)cc1. The zero-order chi connectivity index (χ0) is 25.8. The maximum atomic E-state index is 12.1. The highest BCUT2D eigenvalue weighted by molar-refractivity contribution is 5.87. The van der Waals surface area contributed by atoms with E-state index in [1.807, 2.05) is 24.3 Å². The molecule has 37 heavy (non-hydrogen) atoms. The number of fused-ring (bicyclic) bond motifs is 8. The Kier molecular flexibility index (Phi) is 5.26. The number of carbonyl (C=O) groups excluding carboxylic acids is 2. The van der Waals surface area contributed by atoms with Crippen LogP contribution in [0.3, 0.4) is 0 Å².